The molecular weight excluding hydrogens is 502 g/mol. The highest BCUT2D eigenvalue weighted by Crippen LogP contribution is 2.35. The third-order valence-corrected chi connectivity index (χ3v) is 6.97. The van der Waals surface area contributed by atoms with Gasteiger partial charge in [-0.15, -0.1) is 0 Å². The van der Waals surface area contributed by atoms with E-state index >= 15 is 0 Å². The Morgan fingerprint density at radius 2 is 1.77 bits per heavy atom. The van der Waals surface area contributed by atoms with Gasteiger partial charge in [-0.2, -0.15) is 0 Å². The van der Waals surface area contributed by atoms with Crippen molar-refractivity contribution in [1.82, 2.24) is 5.48 Å². The third kappa shape index (κ3) is 6.68. The van der Waals surface area contributed by atoms with Crippen LogP contribution in [-0.4, -0.2) is 33.9 Å². The van der Waals surface area contributed by atoms with E-state index in [4.69, 9.17) is 16.3 Å². The molecule has 0 saturated carbocycles. The van der Waals surface area contributed by atoms with Gasteiger partial charge in [0.1, 0.15) is 23.3 Å². The first-order valence-electron chi connectivity index (χ1n) is 10.4. The molecule has 7 nitrogen and oxygen atoms in total. The number of anilines is 1. The smallest absolute Gasteiger partial charge is 0.281 e. The molecule has 1 N–H and O–H groups in total. The molecule has 1 atom stereocenters. The standard InChI is InChI=1S/C24H23ClF2N2O5S/c1-16(20-5-3-4-6-23(20)34-14-24(30)28-33-2)29(22-13-18(26)9-12-21(22)27)15-35(31,32)19-10-7-17(25)8-11-19/h3-13,16H,14-15H2,1-2H3,(H,28,30). The van der Waals surface area contributed by atoms with Crippen molar-refractivity contribution in [3.8, 4) is 5.75 Å². The van der Waals surface area contributed by atoms with Crippen LogP contribution in [0.5, 0.6) is 5.75 Å². The van der Waals surface area contributed by atoms with E-state index in [1.54, 1.807) is 31.2 Å². The molecule has 3 rings (SSSR count). The number of rotatable bonds is 10. The Kier molecular flexibility index (Phi) is 8.66. The van der Waals surface area contributed by atoms with Crippen molar-refractivity contribution >= 4 is 33.0 Å². The zero-order chi connectivity index (χ0) is 25.6. The molecule has 0 fully saturated rings. The maximum Gasteiger partial charge on any atom is 0.281 e. The summed E-state index contributed by atoms with van der Waals surface area (Å²) in [5.74, 6) is -2.50. The van der Waals surface area contributed by atoms with Gasteiger partial charge in [-0.25, -0.2) is 22.7 Å². The lowest BCUT2D eigenvalue weighted by atomic mass is 10.1. The highest BCUT2D eigenvalue weighted by atomic mass is 35.5. The number of hydrogen-bond donors (Lipinski definition) is 1. The average Bonchev–Trinajstić information content (AvgIpc) is 2.83. The number of halogens is 3. The summed E-state index contributed by atoms with van der Waals surface area (Å²) in [5.41, 5.74) is 2.33. The van der Waals surface area contributed by atoms with Crippen LogP contribution in [0.1, 0.15) is 18.5 Å². The number of benzene rings is 3. The fourth-order valence-electron chi connectivity index (χ4n) is 3.41. The summed E-state index contributed by atoms with van der Waals surface area (Å²) in [4.78, 5) is 17.5. The van der Waals surface area contributed by atoms with Crippen molar-refractivity contribution in [2.24, 2.45) is 0 Å². The maximum atomic E-state index is 14.8. The Morgan fingerprint density at radius 3 is 2.46 bits per heavy atom. The van der Waals surface area contributed by atoms with Crippen molar-refractivity contribution in [2.45, 2.75) is 17.9 Å². The van der Waals surface area contributed by atoms with E-state index in [0.29, 0.717) is 10.6 Å². The summed E-state index contributed by atoms with van der Waals surface area (Å²) in [6.07, 6.45) is 0. The molecule has 35 heavy (non-hydrogen) atoms. The van der Waals surface area contributed by atoms with E-state index in [1.165, 1.54) is 36.3 Å². The van der Waals surface area contributed by atoms with Gasteiger partial charge in [-0.3, -0.25) is 9.63 Å². The minimum Gasteiger partial charge on any atom is -0.483 e. The monoisotopic (exact) mass is 524 g/mol. The van der Waals surface area contributed by atoms with Gasteiger partial charge in [0.15, 0.2) is 16.4 Å². The first-order valence-corrected chi connectivity index (χ1v) is 12.4. The molecule has 1 amide bonds. The van der Waals surface area contributed by atoms with E-state index in [1.807, 2.05) is 0 Å². The second-order valence-electron chi connectivity index (χ2n) is 7.50. The van der Waals surface area contributed by atoms with Crippen LogP contribution in [0.15, 0.2) is 71.6 Å². The summed E-state index contributed by atoms with van der Waals surface area (Å²) >= 11 is 5.87. The molecule has 11 heteroatoms. The number of amides is 1. The first kappa shape index (κ1) is 26.4. The third-order valence-electron chi connectivity index (χ3n) is 5.11. The summed E-state index contributed by atoms with van der Waals surface area (Å²) in [7, 11) is -2.72. The van der Waals surface area contributed by atoms with E-state index in [2.05, 4.69) is 10.3 Å². The summed E-state index contributed by atoms with van der Waals surface area (Å²) in [6, 6.07) is 14.1. The molecule has 0 radical (unpaired) electrons. The molecule has 1 unspecified atom stereocenters. The Balaban J connectivity index is 2.03. The maximum absolute atomic E-state index is 14.8. The van der Waals surface area contributed by atoms with Crippen LogP contribution in [0.25, 0.3) is 0 Å². The summed E-state index contributed by atoms with van der Waals surface area (Å²) in [5, 5.41) is 0.355. The van der Waals surface area contributed by atoms with E-state index in [0.717, 1.165) is 18.2 Å². The van der Waals surface area contributed by atoms with Crippen molar-refractivity contribution in [3.05, 3.63) is 89.0 Å². The zero-order valence-corrected chi connectivity index (χ0v) is 20.4. The number of nitrogens with zero attached hydrogens (tertiary/aromatic N) is 1. The topological polar surface area (TPSA) is 84.9 Å². The lowest BCUT2D eigenvalue weighted by Gasteiger charge is -2.32. The molecule has 0 aliphatic heterocycles. The first-order chi connectivity index (χ1) is 16.6. The Morgan fingerprint density at radius 1 is 1.09 bits per heavy atom. The van der Waals surface area contributed by atoms with Crippen molar-refractivity contribution in [1.29, 1.82) is 0 Å². The van der Waals surface area contributed by atoms with Crippen LogP contribution in [0.3, 0.4) is 0 Å². The fraction of sp³-hybridized carbons (Fsp3) is 0.208. The van der Waals surface area contributed by atoms with Crippen LogP contribution < -0.4 is 15.1 Å². The number of carbonyl (C=O) groups excluding carboxylic acids is 1. The van der Waals surface area contributed by atoms with Crippen LogP contribution in [0, 0.1) is 11.6 Å². The molecule has 3 aromatic carbocycles. The van der Waals surface area contributed by atoms with Gasteiger partial charge in [0.25, 0.3) is 5.91 Å². The number of hydroxylamine groups is 1. The largest absolute Gasteiger partial charge is 0.483 e. The van der Waals surface area contributed by atoms with E-state index in [9.17, 15) is 22.0 Å². The highest BCUT2D eigenvalue weighted by Gasteiger charge is 2.28. The average molecular weight is 525 g/mol. The van der Waals surface area contributed by atoms with Crippen LogP contribution in [-0.2, 0) is 19.5 Å². The van der Waals surface area contributed by atoms with Gasteiger partial charge in [0.2, 0.25) is 0 Å². The van der Waals surface area contributed by atoms with E-state index < -0.39 is 39.3 Å². The van der Waals surface area contributed by atoms with Crippen molar-refractivity contribution in [3.63, 3.8) is 0 Å². The molecular formula is C24H23ClF2N2O5S. The van der Waals surface area contributed by atoms with Crippen LogP contribution in [0.2, 0.25) is 5.02 Å². The van der Waals surface area contributed by atoms with E-state index in [-0.39, 0.29) is 22.9 Å². The summed E-state index contributed by atoms with van der Waals surface area (Å²) in [6.45, 7) is 1.24. The molecule has 0 saturated heterocycles. The van der Waals surface area contributed by atoms with Crippen LogP contribution >= 0.6 is 11.6 Å². The Bertz CT molecular complexity index is 1290. The lowest BCUT2D eigenvalue weighted by Crippen LogP contribution is -2.34. The minimum atomic E-state index is -4.00. The molecule has 3 aromatic rings. The second kappa shape index (κ2) is 11.5. The number of carbonyl (C=O) groups is 1. The van der Waals surface area contributed by atoms with Gasteiger partial charge in [0, 0.05) is 16.7 Å². The lowest BCUT2D eigenvalue weighted by molar-refractivity contribution is -0.133. The van der Waals surface area contributed by atoms with Gasteiger partial charge in [-0.05, 0) is 49.4 Å². The Hall–Kier alpha value is -3.21. The van der Waals surface area contributed by atoms with Crippen molar-refractivity contribution in [2.75, 3.05) is 24.5 Å². The molecule has 0 bridgehead atoms. The quantitative estimate of drug-likeness (QED) is 0.388. The predicted molar refractivity (Wildman–Crippen MR) is 128 cm³/mol. The normalized spacial score (nSPS) is 12.1. The highest BCUT2D eigenvalue weighted by molar-refractivity contribution is 7.91. The zero-order valence-electron chi connectivity index (χ0n) is 18.9. The van der Waals surface area contributed by atoms with Gasteiger partial charge < -0.3 is 9.64 Å². The number of ether oxygens (including phenoxy) is 1. The van der Waals surface area contributed by atoms with Gasteiger partial charge >= 0.3 is 0 Å². The Labute approximate surface area is 207 Å². The molecule has 0 spiro atoms. The molecule has 0 aliphatic rings. The number of nitrogens with one attached hydrogen (secondary N) is 1. The number of sulfone groups is 1. The molecule has 186 valence electrons. The van der Waals surface area contributed by atoms with Gasteiger partial charge in [0.05, 0.1) is 23.7 Å². The molecule has 0 heterocycles. The minimum absolute atomic E-state index is 0.0308. The molecule has 0 aromatic heterocycles. The summed E-state index contributed by atoms with van der Waals surface area (Å²) < 4.78 is 61.0. The predicted octanol–water partition coefficient (Wildman–Crippen LogP) is 4.67. The fourth-order valence-corrected chi connectivity index (χ4v) is 4.96. The number of hydrogen-bond acceptors (Lipinski definition) is 6. The SMILES string of the molecule is CONC(=O)COc1ccccc1C(C)N(CS(=O)(=O)c1ccc(Cl)cc1)c1cc(F)ccc1F. The number of para-hydroxylation sites is 1. The van der Waals surface area contributed by atoms with Crippen molar-refractivity contribution < 1.29 is 31.6 Å². The van der Waals surface area contributed by atoms with Crippen LogP contribution in [0.4, 0.5) is 14.5 Å². The molecule has 0 aliphatic carbocycles. The second-order valence-corrected chi connectivity index (χ2v) is 9.89. The van der Waals surface area contributed by atoms with Gasteiger partial charge in [-0.1, -0.05) is 29.8 Å².